The molecule has 1 N–H and O–H groups in total. The Bertz CT molecular complexity index is 667. The normalized spacial score (nSPS) is 25.3. The molecular weight excluding hydrogens is 260 g/mol. The summed E-state index contributed by atoms with van der Waals surface area (Å²) in [4.78, 5) is 20.5. The zero-order valence-electron chi connectivity index (χ0n) is 10.8. The van der Waals surface area contributed by atoms with Crippen LogP contribution in [0.25, 0.3) is 11.0 Å². The van der Waals surface area contributed by atoms with Crippen molar-refractivity contribution in [2.75, 3.05) is 18.1 Å². The second kappa shape index (κ2) is 4.17. The van der Waals surface area contributed by atoms with E-state index in [9.17, 15) is 10.1 Å². The highest BCUT2D eigenvalue weighted by Crippen LogP contribution is 2.33. The lowest BCUT2D eigenvalue weighted by molar-refractivity contribution is -0.384. The topological polar surface area (TPSA) is 84.3 Å². The first-order chi connectivity index (χ1) is 9.72. The van der Waals surface area contributed by atoms with Gasteiger partial charge < -0.3 is 14.6 Å². The van der Waals surface area contributed by atoms with Crippen LogP contribution in [-0.4, -0.2) is 40.2 Å². The highest BCUT2D eigenvalue weighted by molar-refractivity contribution is 5.80. The Labute approximate surface area is 114 Å². The molecule has 0 radical (unpaired) electrons. The Balaban J connectivity index is 1.75. The second-order valence-electron chi connectivity index (χ2n) is 5.35. The molecule has 1 aromatic heterocycles. The molecule has 2 unspecified atom stereocenters. The SMILES string of the molecule is O=[N+]([O-])c1ccc2nc(N3C4CCC3COC4)[nH]c2c1. The Morgan fingerprint density at radius 1 is 1.35 bits per heavy atom. The van der Waals surface area contributed by atoms with Crippen molar-refractivity contribution in [3.05, 3.63) is 28.3 Å². The first-order valence-electron chi connectivity index (χ1n) is 6.72. The van der Waals surface area contributed by atoms with Gasteiger partial charge in [-0.25, -0.2) is 4.98 Å². The van der Waals surface area contributed by atoms with Gasteiger partial charge in [-0.2, -0.15) is 0 Å². The molecule has 2 bridgehead atoms. The minimum atomic E-state index is -0.390. The van der Waals surface area contributed by atoms with Crippen LogP contribution in [0.2, 0.25) is 0 Å². The van der Waals surface area contributed by atoms with E-state index in [4.69, 9.17) is 4.74 Å². The fraction of sp³-hybridized carbons (Fsp3) is 0.462. The number of nitro groups is 1. The second-order valence-corrected chi connectivity index (χ2v) is 5.35. The van der Waals surface area contributed by atoms with Crippen molar-refractivity contribution in [3.63, 3.8) is 0 Å². The summed E-state index contributed by atoms with van der Waals surface area (Å²) in [6, 6.07) is 5.44. The van der Waals surface area contributed by atoms with Gasteiger partial charge in [0.2, 0.25) is 5.95 Å². The minimum absolute atomic E-state index is 0.0812. The van der Waals surface area contributed by atoms with Crippen molar-refractivity contribution in [2.45, 2.75) is 24.9 Å². The number of hydrogen-bond donors (Lipinski definition) is 1. The summed E-state index contributed by atoms with van der Waals surface area (Å²) in [5.41, 5.74) is 1.55. The number of aromatic amines is 1. The minimum Gasteiger partial charge on any atom is -0.377 e. The van der Waals surface area contributed by atoms with Crippen LogP contribution in [0.15, 0.2) is 18.2 Å². The van der Waals surface area contributed by atoms with Gasteiger partial charge in [-0.15, -0.1) is 0 Å². The van der Waals surface area contributed by atoms with Crippen LogP contribution >= 0.6 is 0 Å². The van der Waals surface area contributed by atoms with Gasteiger partial charge >= 0.3 is 0 Å². The lowest BCUT2D eigenvalue weighted by Gasteiger charge is -2.34. The number of hydrogen-bond acceptors (Lipinski definition) is 5. The first-order valence-corrected chi connectivity index (χ1v) is 6.72. The predicted octanol–water partition coefficient (Wildman–Crippen LogP) is 1.84. The van der Waals surface area contributed by atoms with Crippen LogP contribution in [0.3, 0.4) is 0 Å². The smallest absolute Gasteiger partial charge is 0.271 e. The van der Waals surface area contributed by atoms with Crippen LogP contribution < -0.4 is 4.90 Å². The van der Waals surface area contributed by atoms with Crippen LogP contribution in [-0.2, 0) is 4.74 Å². The number of morpholine rings is 1. The zero-order valence-corrected chi connectivity index (χ0v) is 10.8. The molecule has 0 saturated carbocycles. The number of rotatable bonds is 2. The average Bonchev–Trinajstić information content (AvgIpc) is 2.95. The lowest BCUT2D eigenvalue weighted by Crippen LogP contribution is -2.46. The number of imidazole rings is 1. The van der Waals surface area contributed by atoms with E-state index in [2.05, 4.69) is 14.9 Å². The average molecular weight is 274 g/mol. The monoisotopic (exact) mass is 274 g/mol. The number of nitrogens with one attached hydrogen (secondary N) is 1. The fourth-order valence-electron chi connectivity index (χ4n) is 3.19. The molecule has 2 aromatic rings. The van der Waals surface area contributed by atoms with Crippen LogP contribution in [0, 0.1) is 10.1 Å². The summed E-state index contributed by atoms with van der Waals surface area (Å²) in [6.07, 6.45) is 2.23. The molecule has 2 aliphatic rings. The Kier molecular flexibility index (Phi) is 2.43. The highest BCUT2D eigenvalue weighted by atomic mass is 16.6. The molecule has 7 heteroatoms. The molecule has 0 spiro atoms. The predicted molar refractivity (Wildman–Crippen MR) is 72.9 cm³/mol. The molecule has 3 heterocycles. The van der Waals surface area contributed by atoms with E-state index in [-0.39, 0.29) is 5.69 Å². The van der Waals surface area contributed by atoms with Crippen molar-refractivity contribution < 1.29 is 9.66 Å². The molecule has 2 saturated heterocycles. The van der Waals surface area contributed by atoms with Gasteiger partial charge in [0.1, 0.15) is 0 Å². The first kappa shape index (κ1) is 11.7. The van der Waals surface area contributed by atoms with Gasteiger partial charge in [-0.1, -0.05) is 0 Å². The lowest BCUT2D eigenvalue weighted by atomic mass is 10.2. The summed E-state index contributed by atoms with van der Waals surface area (Å²) in [6.45, 7) is 1.46. The van der Waals surface area contributed by atoms with Gasteiger partial charge in [-0.05, 0) is 18.9 Å². The van der Waals surface area contributed by atoms with E-state index >= 15 is 0 Å². The summed E-state index contributed by atoms with van der Waals surface area (Å²) in [5, 5.41) is 10.8. The highest BCUT2D eigenvalue weighted by Gasteiger charge is 2.38. The van der Waals surface area contributed by atoms with Crippen LogP contribution in [0.4, 0.5) is 11.6 Å². The van der Waals surface area contributed by atoms with Crippen LogP contribution in [0.5, 0.6) is 0 Å². The number of nitrogens with zero attached hydrogens (tertiary/aromatic N) is 3. The molecule has 20 heavy (non-hydrogen) atoms. The number of ether oxygens (including phenoxy) is 1. The molecular formula is C13H14N4O3. The summed E-state index contributed by atoms with van der Waals surface area (Å²) in [5.74, 6) is 0.802. The number of non-ortho nitro benzene ring substituents is 1. The molecule has 2 fully saturated rings. The van der Waals surface area contributed by atoms with Crippen molar-refractivity contribution in [2.24, 2.45) is 0 Å². The number of H-pyrrole nitrogens is 1. The molecule has 2 atom stereocenters. The van der Waals surface area contributed by atoms with Crippen LogP contribution in [0.1, 0.15) is 12.8 Å². The summed E-state index contributed by atoms with van der Waals surface area (Å²) in [7, 11) is 0. The fourth-order valence-corrected chi connectivity index (χ4v) is 3.19. The Morgan fingerprint density at radius 3 is 2.80 bits per heavy atom. The quantitative estimate of drug-likeness (QED) is 0.667. The molecule has 2 aliphatic heterocycles. The van der Waals surface area contributed by atoms with Gasteiger partial charge in [0.25, 0.3) is 5.69 Å². The zero-order chi connectivity index (χ0) is 13.7. The maximum atomic E-state index is 10.8. The molecule has 0 aliphatic carbocycles. The number of nitro benzene ring substituents is 1. The van der Waals surface area contributed by atoms with Crippen molar-refractivity contribution >= 4 is 22.7 Å². The molecule has 1 aromatic carbocycles. The standard InChI is InChI=1S/C13H14N4O3/c18-17(19)8-3-4-11-12(5-8)15-13(14-11)16-9-1-2-10(16)7-20-6-9/h3-5,9-10H,1-2,6-7H2,(H,14,15). The third kappa shape index (κ3) is 1.66. The molecule has 4 rings (SSSR count). The van der Waals surface area contributed by atoms with Crippen molar-refractivity contribution in [3.8, 4) is 0 Å². The third-order valence-corrected chi connectivity index (χ3v) is 4.15. The molecule has 0 amide bonds. The maximum absolute atomic E-state index is 10.8. The van der Waals surface area contributed by atoms with E-state index in [1.807, 2.05) is 0 Å². The van der Waals surface area contributed by atoms with E-state index in [0.717, 1.165) is 37.5 Å². The van der Waals surface area contributed by atoms with Gasteiger partial charge in [0.15, 0.2) is 0 Å². The van der Waals surface area contributed by atoms with E-state index in [1.54, 1.807) is 6.07 Å². The largest absolute Gasteiger partial charge is 0.377 e. The third-order valence-electron chi connectivity index (χ3n) is 4.15. The number of anilines is 1. The Morgan fingerprint density at radius 2 is 2.10 bits per heavy atom. The van der Waals surface area contributed by atoms with E-state index in [0.29, 0.717) is 17.6 Å². The molecule has 104 valence electrons. The van der Waals surface area contributed by atoms with E-state index < -0.39 is 4.92 Å². The number of aromatic nitrogens is 2. The van der Waals surface area contributed by atoms with Gasteiger partial charge in [-0.3, -0.25) is 10.1 Å². The van der Waals surface area contributed by atoms with Gasteiger partial charge in [0.05, 0.1) is 41.3 Å². The maximum Gasteiger partial charge on any atom is 0.271 e. The van der Waals surface area contributed by atoms with Gasteiger partial charge in [0, 0.05) is 12.1 Å². The molecule has 7 nitrogen and oxygen atoms in total. The number of benzene rings is 1. The summed E-state index contributed by atoms with van der Waals surface area (Å²) >= 11 is 0. The number of fused-ring (bicyclic) bond motifs is 3. The van der Waals surface area contributed by atoms with Crippen molar-refractivity contribution in [1.29, 1.82) is 0 Å². The van der Waals surface area contributed by atoms with Crippen molar-refractivity contribution in [1.82, 2.24) is 9.97 Å². The van der Waals surface area contributed by atoms with E-state index in [1.165, 1.54) is 12.1 Å². The summed E-state index contributed by atoms with van der Waals surface area (Å²) < 4.78 is 5.56. The Hall–Kier alpha value is -2.15.